The highest BCUT2D eigenvalue weighted by molar-refractivity contribution is 7.14. The van der Waals surface area contributed by atoms with E-state index in [1.165, 1.54) is 29.5 Å². The van der Waals surface area contributed by atoms with E-state index in [4.69, 9.17) is 33.6 Å². The van der Waals surface area contributed by atoms with E-state index in [1.807, 2.05) is 0 Å². The summed E-state index contributed by atoms with van der Waals surface area (Å²) >= 11 is 13.0. The van der Waals surface area contributed by atoms with Crippen LogP contribution in [0.5, 0.6) is 0 Å². The zero-order valence-electron chi connectivity index (χ0n) is 14.6. The molecule has 5 nitrogen and oxygen atoms in total. The van der Waals surface area contributed by atoms with Gasteiger partial charge in [-0.3, -0.25) is 0 Å². The lowest BCUT2D eigenvalue weighted by atomic mass is 9.88. The molecule has 3 rings (SSSR count). The van der Waals surface area contributed by atoms with Gasteiger partial charge < -0.3 is 4.84 Å². The van der Waals surface area contributed by atoms with Crippen LogP contribution < -0.4 is 0 Å². The van der Waals surface area contributed by atoms with Crippen molar-refractivity contribution in [2.75, 3.05) is 0 Å². The number of azide groups is 1. The first-order valence-electron chi connectivity index (χ1n) is 8.00. The summed E-state index contributed by atoms with van der Waals surface area (Å²) in [7, 11) is 0. The van der Waals surface area contributed by atoms with Crippen molar-refractivity contribution in [3.8, 4) is 0 Å². The molecule has 0 radical (unpaired) electrons. The Labute approximate surface area is 172 Å². The lowest BCUT2D eigenvalue weighted by molar-refractivity contribution is -0.275. The van der Waals surface area contributed by atoms with Crippen molar-refractivity contribution in [2.45, 2.75) is 38.1 Å². The van der Waals surface area contributed by atoms with Gasteiger partial charge in [0.15, 0.2) is 0 Å². The molecule has 1 aromatic heterocycles. The highest BCUT2D eigenvalue weighted by Crippen LogP contribution is 2.50. The fourth-order valence-electron chi connectivity index (χ4n) is 3.01. The van der Waals surface area contributed by atoms with Gasteiger partial charge in [-0.15, -0.1) is 11.3 Å². The predicted molar refractivity (Wildman–Crippen MR) is 103 cm³/mol. The van der Waals surface area contributed by atoms with Gasteiger partial charge in [-0.1, -0.05) is 40.4 Å². The second kappa shape index (κ2) is 7.48. The third-order valence-corrected chi connectivity index (χ3v) is 6.25. The van der Waals surface area contributed by atoms with Crippen molar-refractivity contribution >= 4 is 40.3 Å². The quantitative estimate of drug-likeness (QED) is 0.274. The molecule has 2 aromatic rings. The van der Waals surface area contributed by atoms with Gasteiger partial charge in [0.05, 0.1) is 17.3 Å². The Bertz CT molecular complexity index is 981. The summed E-state index contributed by atoms with van der Waals surface area (Å²) in [5, 5.41) is 7.52. The molecule has 11 heteroatoms. The molecule has 0 aliphatic carbocycles. The minimum absolute atomic E-state index is 0.0700. The first-order chi connectivity index (χ1) is 13.1. The third-order valence-electron chi connectivity index (χ3n) is 4.36. The highest BCUT2D eigenvalue weighted by atomic mass is 35.5. The molecule has 2 heterocycles. The monoisotopic (exact) mass is 448 g/mol. The number of benzene rings is 1. The van der Waals surface area contributed by atoms with E-state index >= 15 is 0 Å². The van der Waals surface area contributed by atoms with Gasteiger partial charge in [-0.2, -0.15) is 13.2 Å². The molecule has 0 amide bonds. The zero-order valence-corrected chi connectivity index (χ0v) is 16.9. The Hall–Kier alpha value is -1.93. The van der Waals surface area contributed by atoms with Gasteiger partial charge in [0, 0.05) is 25.4 Å². The number of oxime groups is 1. The summed E-state index contributed by atoms with van der Waals surface area (Å²) in [6.07, 6.45) is -5.28. The Morgan fingerprint density at radius 1 is 1.29 bits per heavy atom. The number of nitrogens with zero attached hydrogens (tertiary/aromatic N) is 4. The molecule has 0 bridgehead atoms. The zero-order chi connectivity index (χ0) is 20.7. The first kappa shape index (κ1) is 20.8. The molecule has 0 saturated heterocycles. The van der Waals surface area contributed by atoms with Crippen LogP contribution in [0.4, 0.5) is 13.2 Å². The van der Waals surface area contributed by atoms with Gasteiger partial charge in [0.2, 0.25) is 0 Å². The standard InChI is InChI=1S/C17H13Cl2F3N4OS/c1-8-3-14(28-15(8)9(2)24-26-23)13-7-16(27-25-13,17(20,21)22)10-4-11(18)6-12(19)5-10/h3-6,9H,7H2,1-2H3. The van der Waals surface area contributed by atoms with Crippen LogP contribution in [0, 0.1) is 6.92 Å². The molecule has 2 unspecified atom stereocenters. The van der Waals surface area contributed by atoms with Gasteiger partial charge >= 0.3 is 6.18 Å². The molecular formula is C17H13Cl2F3N4OS. The van der Waals surface area contributed by atoms with Gasteiger partial charge in [0.25, 0.3) is 5.60 Å². The summed E-state index contributed by atoms with van der Waals surface area (Å²) in [6, 6.07) is 4.97. The van der Waals surface area contributed by atoms with Crippen molar-refractivity contribution in [3.63, 3.8) is 0 Å². The fraction of sp³-hybridized carbons (Fsp3) is 0.353. The molecule has 1 aliphatic rings. The van der Waals surface area contributed by atoms with E-state index in [0.717, 1.165) is 10.4 Å². The Morgan fingerprint density at radius 2 is 1.93 bits per heavy atom. The molecular weight excluding hydrogens is 436 g/mol. The summed E-state index contributed by atoms with van der Waals surface area (Å²) in [5.74, 6) is 0. The molecule has 1 aromatic carbocycles. The average molecular weight is 449 g/mol. The Balaban J connectivity index is 2.00. The summed E-state index contributed by atoms with van der Waals surface area (Å²) in [6.45, 7) is 3.51. The lowest BCUT2D eigenvalue weighted by Gasteiger charge is -2.29. The average Bonchev–Trinajstić information content (AvgIpc) is 3.18. The molecule has 0 spiro atoms. The van der Waals surface area contributed by atoms with Crippen molar-refractivity contribution in [2.24, 2.45) is 10.3 Å². The Kier molecular flexibility index (Phi) is 5.55. The normalized spacial score (nSPS) is 20.3. The SMILES string of the molecule is Cc1cc(C2=NOC(c3cc(Cl)cc(Cl)c3)(C(F)(F)F)C2)sc1C(C)N=[N+]=[N-]. The van der Waals surface area contributed by atoms with Crippen LogP contribution in [0.25, 0.3) is 10.4 Å². The second-order valence-electron chi connectivity index (χ2n) is 6.33. The van der Waals surface area contributed by atoms with Crippen LogP contribution in [-0.2, 0) is 10.4 Å². The molecule has 0 N–H and O–H groups in total. The van der Waals surface area contributed by atoms with Crippen LogP contribution in [0.1, 0.15) is 40.3 Å². The van der Waals surface area contributed by atoms with Gasteiger partial charge in [-0.25, -0.2) is 0 Å². The molecule has 0 saturated carbocycles. The largest absolute Gasteiger partial charge is 0.435 e. The van der Waals surface area contributed by atoms with Crippen molar-refractivity contribution < 1.29 is 18.0 Å². The Morgan fingerprint density at radius 3 is 2.50 bits per heavy atom. The van der Waals surface area contributed by atoms with E-state index in [-0.39, 0.29) is 21.3 Å². The van der Waals surface area contributed by atoms with E-state index in [1.54, 1.807) is 19.9 Å². The van der Waals surface area contributed by atoms with Gasteiger partial charge in [0.1, 0.15) is 5.71 Å². The number of hydrogen-bond acceptors (Lipinski definition) is 4. The number of rotatable bonds is 4. The summed E-state index contributed by atoms with van der Waals surface area (Å²) in [5.41, 5.74) is 6.68. The molecule has 148 valence electrons. The summed E-state index contributed by atoms with van der Waals surface area (Å²) < 4.78 is 42.1. The molecule has 28 heavy (non-hydrogen) atoms. The molecule has 2 atom stereocenters. The van der Waals surface area contributed by atoms with E-state index < -0.39 is 24.2 Å². The van der Waals surface area contributed by atoms with Crippen LogP contribution in [0.2, 0.25) is 10.0 Å². The number of thiophene rings is 1. The van der Waals surface area contributed by atoms with Crippen LogP contribution in [0.15, 0.2) is 34.5 Å². The summed E-state index contributed by atoms with van der Waals surface area (Å²) in [4.78, 5) is 9.05. The molecule has 1 aliphatic heterocycles. The van der Waals surface area contributed by atoms with Crippen molar-refractivity contribution in [3.05, 3.63) is 65.6 Å². The maximum atomic E-state index is 14.0. The molecule has 0 fully saturated rings. The smallest absolute Gasteiger partial charge is 0.374 e. The maximum absolute atomic E-state index is 14.0. The van der Waals surface area contributed by atoms with Crippen LogP contribution in [-0.4, -0.2) is 11.9 Å². The second-order valence-corrected chi connectivity index (χ2v) is 8.28. The minimum Gasteiger partial charge on any atom is -0.374 e. The highest BCUT2D eigenvalue weighted by Gasteiger charge is 2.62. The van der Waals surface area contributed by atoms with Gasteiger partial charge in [-0.05, 0) is 42.3 Å². The topological polar surface area (TPSA) is 70.4 Å². The number of aryl methyl sites for hydroxylation is 1. The van der Waals surface area contributed by atoms with E-state index in [2.05, 4.69) is 15.2 Å². The fourth-order valence-corrected chi connectivity index (χ4v) is 4.67. The number of hydrogen-bond donors (Lipinski definition) is 0. The van der Waals surface area contributed by atoms with E-state index in [0.29, 0.717) is 4.88 Å². The van der Waals surface area contributed by atoms with E-state index in [9.17, 15) is 13.2 Å². The van der Waals surface area contributed by atoms with Crippen molar-refractivity contribution in [1.82, 2.24) is 0 Å². The third kappa shape index (κ3) is 3.67. The van der Waals surface area contributed by atoms with Crippen molar-refractivity contribution in [1.29, 1.82) is 0 Å². The minimum atomic E-state index is -4.75. The predicted octanol–water partition coefficient (Wildman–Crippen LogP) is 7.32. The number of halogens is 5. The lowest BCUT2D eigenvalue weighted by Crippen LogP contribution is -2.42. The maximum Gasteiger partial charge on any atom is 0.435 e. The van der Waals surface area contributed by atoms with Crippen LogP contribution >= 0.6 is 34.5 Å². The van der Waals surface area contributed by atoms with Crippen LogP contribution in [0.3, 0.4) is 0 Å². The number of alkyl halides is 3. The first-order valence-corrected chi connectivity index (χ1v) is 9.58.